The first kappa shape index (κ1) is 15.3. The highest BCUT2D eigenvalue weighted by Gasteiger charge is 2.33. The molecule has 0 saturated carbocycles. The van der Waals surface area contributed by atoms with Crippen LogP contribution >= 0.6 is 0 Å². The highest BCUT2D eigenvalue weighted by atomic mass is 19.1. The molecule has 2 atom stereocenters. The molecule has 1 fully saturated rings. The molecule has 1 amide bonds. The van der Waals surface area contributed by atoms with Crippen molar-refractivity contribution in [3.8, 4) is 0 Å². The van der Waals surface area contributed by atoms with Crippen molar-refractivity contribution in [3.05, 3.63) is 34.1 Å². The number of ether oxygens (including phenoxy) is 1. The maximum atomic E-state index is 13.3. The smallest absolute Gasteiger partial charge is 0.274 e. The van der Waals surface area contributed by atoms with Gasteiger partial charge in [-0.2, -0.15) is 0 Å². The van der Waals surface area contributed by atoms with Crippen LogP contribution in [0.2, 0.25) is 0 Å². The van der Waals surface area contributed by atoms with Gasteiger partial charge in [0.15, 0.2) is 0 Å². The van der Waals surface area contributed by atoms with Gasteiger partial charge in [0.2, 0.25) is 5.91 Å². The van der Waals surface area contributed by atoms with Gasteiger partial charge in [-0.3, -0.25) is 14.9 Å². The lowest BCUT2D eigenvalue weighted by atomic mass is 10.0. The normalized spacial score (nSPS) is 21.2. The first-order valence-electron chi connectivity index (χ1n) is 6.58. The van der Waals surface area contributed by atoms with Gasteiger partial charge < -0.3 is 15.4 Å². The predicted octanol–water partition coefficient (Wildman–Crippen LogP) is 1.30. The zero-order chi connectivity index (χ0) is 15.4. The summed E-state index contributed by atoms with van der Waals surface area (Å²) >= 11 is 0. The Kier molecular flexibility index (Phi) is 4.81. The fraction of sp³-hybridized carbons (Fsp3) is 0.462. The molecular weight excluding hydrogens is 281 g/mol. The molecule has 2 rings (SSSR count). The van der Waals surface area contributed by atoms with Gasteiger partial charge in [0.05, 0.1) is 35.8 Å². The fourth-order valence-electron chi connectivity index (χ4n) is 2.26. The minimum atomic E-state index is -0.773. The molecule has 1 heterocycles. The molecule has 8 heteroatoms. The Labute approximate surface area is 120 Å². The molecule has 2 N–H and O–H groups in total. The van der Waals surface area contributed by atoms with Crippen molar-refractivity contribution < 1.29 is 18.8 Å². The summed E-state index contributed by atoms with van der Waals surface area (Å²) in [4.78, 5) is 22.1. The number of nitro benzene ring substituents is 1. The van der Waals surface area contributed by atoms with Crippen molar-refractivity contribution in [1.29, 1.82) is 0 Å². The average molecular weight is 297 g/mol. The van der Waals surface area contributed by atoms with Crippen LogP contribution in [0.25, 0.3) is 0 Å². The number of non-ortho nitro benzene ring substituents is 1. The topological polar surface area (TPSA) is 93.5 Å². The number of benzene rings is 1. The van der Waals surface area contributed by atoms with E-state index in [1.807, 2.05) is 6.92 Å². The van der Waals surface area contributed by atoms with Crippen LogP contribution in [0.4, 0.5) is 15.8 Å². The molecule has 0 aromatic heterocycles. The highest BCUT2D eigenvalue weighted by molar-refractivity contribution is 5.93. The molecule has 0 radical (unpaired) electrons. The number of nitrogens with zero attached hydrogens (tertiary/aromatic N) is 1. The van der Waals surface area contributed by atoms with Gasteiger partial charge in [-0.05, 0) is 12.6 Å². The van der Waals surface area contributed by atoms with Gasteiger partial charge in [0, 0.05) is 12.1 Å². The zero-order valence-corrected chi connectivity index (χ0v) is 11.5. The number of nitro groups is 1. The maximum absolute atomic E-state index is 13.3. The number of rotatable bonds is 5. The molecule has 7 nitrogen and oxygen atoms in total. The van der Waals surface area contributed by atoms with Crippen molar-refractivity contribution in [2.45, 2.75) is 13.0 Å². The molecule has 114 valence electrons. The van der Waals surface area contributed by atoms with E-state index in [4.69, 9.17) is 4.74 Å². The third kappa shape index (κ3) is 3.73. The second kappa shape index (κ2) is 6.59. The molecule has 0 spiro atoms. The number of nitrogens with one attached hydrogen (secondary N) is 2. The zero-order valence-electron chi connectivity index (χ0n) is 11.5. The Bertz CT molecular complexity index is 552. The van der Waals surface area contributed by atoms with Crippen molar-refractivity contribution in [3.63, 3.8) is 0 Å². The van der Waals surface area contributed by atoms with Crippen LogP contribution in [0.1, 0.15) is 6.92 Å². The number of anilines is 1. The van der Waals surface area contributed by atoms with Crippen molar-refractivity contribution in [2.75, 3.05) is 25.1 Å². The van der Waals surface area contributed by atoms with Gasteiger partial charge in [-0.1, -0.05) is 6.92 Å². The number of amides is 1. The lowest BCUT2D eigenvalue weighted by molar-refractivity contribution is -0.385. The van der Waals surface area contributed by atoms with Gasteiger partial charge in [0.25, 0.3) is 5.69 Å². The Morgan fingerprint density at radius 3 is 2.90 bits per heavy atom. The molecule has 2 unspecified atom stereocenters. The van der Waals surface area contributed by atoms with E-state index in [-0.39, 0.29) is 24.2 Å². The van der Waals surface area contributed by atoms with E-state index in [9.17, 15) is 19.3 Å². The summed E-state index contributed by atoms with van der Waals surface area (Å²) < 4.78 is 18.6. The van der Waals surface area contributed by atoms with Crippen LogP contribution in [-0.4, -0.2) is 36.6 Å². The van der Waals surface area contributed by atoms with Gasteiger partial charge >= 0.3 is 0 Å². The van der Waals surface area contributed by atoms with Crippen LogP contribution in [0, 0.1) is 21.8 Å². The summed E-state index contributed by atoms with van der Waals surface area (Å²) in [5, 5.41) is 16.3. The number of carbonyl (C=O) groups excluding carboxylic acids is 1. The molecular formula is C13H16FN3O4. The maximum Gasteiger partial charge on any atom is 0.274 e. The van der Waals surface area contributed by atoms with E-state index in [2.05, 4.69) is 10.6 Å². The first-order chi connectivity index (χ1) is 10.0. The van der Waals surface area contributed by atoms with Crippen LogP contribution in [0.5, 0.6) is 0 Å². The third-order valence-corrected chi connectivity index (χ3v) is 3.24. The van der Waals surface area contributed by atoms with Crippen LogP contribution < -0.4 is 10.6 Å². The second-order valence-corrected chi connectivity index (χ2v) is 4.75. The lowest BCUT2D eigenvalue weighted by Gasteiger charge is -2.17. The molecule has 0 aliphatic carbocycles. The summed E-state index contributed by atoms with van der Waals surface area (Å²) in [5.74, 6) is -1.53. The predicted molar refractivity (Wildman–Crippen MR) is 73.5 cm³/mol. The van der Waals surface area contributed by atoms with Gasteiger partial charge in [-0.15, -0.1) is 0 Å². The summed E-state index contributed by atoms with van der Waals surface area (Å²) in [5.41, 5.74) is -0.343. The van der Waals surface area contributed by atoms with E-state index in [0.717, 1.165) is 18.2 Å². The van der Waals surface area contributed by atoms with Crippen molar-refractivity contribution >= 4 is 17.3 Å². The number of likely N-dealkylation sites (N-methyl/N-ethyl adjacent to an activating group) is 1. The largest absolute Gasteiger partial charge is 0.379 e. The molecule has 1 aromatic rings. The molecule has 21 heavy (non-hydrogen) atoms. The van der Waals surface area contributed by atoms with Gasteiger partial charge in [0.1, 0.15) is 5.82 Å². The number of hydrogen-bond acceptors (Lipinski definition) is 5. The number of halogens is 1. The molecule has 1 saturated heterocycles. The fourth-order valence-corrected chi connectivity index (χ4v) is 2.26. The van der Waals surface area contributed by atoms with Crippen molar-refractivity contribution in [1.82, 2.24) is 5.32 Å². The van der Waals surface area contributed by atoms with E-state index in [1.165, 1.54) is 0 Å². The molecule has 1 aromatic carbocycles. The highest BCUT2D eigenvalue weighted by Crippen LogP contribution is 2.22. The van der Waals surface area contributed by atoms with E-state index in [1.54, 1.807) is 0 Å². The second-order valence-electron chi connectivity index (χ2n) is 4.75. The molecule has 0 bridgehead atoms. The minimum absolute atomic E-state index is 0.0637. The Hall–Kier alpha value is -2.06. The lowest BCUT2D eigenvalue weighted by Crippen LogP contribution is -2.41. The first-order valence-corrected chi connectivity index (χ1v) is 6.58. The van der Waals surface area contributed by atoms with Crippen molar-refractivity contribution in [2.24, 2.45) is 5.92 Å². The number of hydrogen-bond donors (Lipinski definition) is 2. The SMILES string of the molecule is CCNC1COCC1C(=O)Nc1cc(F)cc([N+](=O)[O-])c1. The Morgan fingerprint density at radius 2 is 2.24 bits per heavy atom. The van der Waals surface area contributed by atoms with E-state index < -0.39 is 22.3 Å². The Balaban J connectivity index is 2.10. The van der Waals surface area contributed by atoms with E-state index >= 15 is 0 Å². The van der Waals surface area contributed by atoms with Crippen LogP contribution in [0.3, 0.4) is 0 Å². The summed E-state index contributed by atoms with van der Waals surface area (Å²) in [6, 6.07) is 2.86. The molecule has 1 aliphatic rings. The minimum Gasteiger partial charge on any atom is -0.379 e. The molecule has 1 aliphatic heterocycles. The summed E-state index contributed by atoms with van der Waals surface area (Å²) in [6.07, 6.45) is 0. The summed E-state index contributed by atoms with van der Waals surface area (Å²) in [6.45, 7) is 3.31. The monoisotopic (exact) mass is 297 g/mol. The van der Waals surface area contributed by atoms with Crippen LogP contribution in [-0.2, 0) is 9.53 Å². The third-order valence-electron chi connectivity index (χ3n) is 3.24. The standard InChI is InChI=1S/C13H16FN3O4/c1-2-15-12-7-21-6-11(12)13(18)16-9-3-8(14)4-10(5-9)17(19)20/h3-5,11-12,15H,2,6-7H2,1H3,(H,16,18). The Morgan fingerprint density at radius 1 is 1.48 bits per heavy atom. The van der Waals surface area contributed by atoms with Crippen LogP contribution in [0.15, 0.2) is 18.2 Å². The van der Waals surface area contributed by atoms with E-state index in [0.29, 0.717) is 13.2 Å². The quantitative estimate of drug-likeness (QED) is 0.631. The average Bonchev–Trinajstić information content (AvgIpc) is 2.86. The summed E-state index contributed by atoms with van der Waals surface area (Å²) in [7, 11) is 0. The number of carbonyl (C=O) groups is 1. The van der Waals surface area contributed by atoms with Gasteiger partial charge in [-0.25, -0.2) is 4.39 Å².